The lowest BCUT2D eigenvalue weighted by molar-refractivity contribution is 0.0513. The largest absolute Gasteiger partial charge is 0.461 e. The van der Waals surface area contributed by atoms with Crippen LogP contribution in [0.25, 0.3) is 0 Å². The zero-order valence-corrected chi connectivity index (χ0v) is 10.0. The van der Waals surface area contributed by atoms with Crippen molar-refractivity contribution in [2.75, 3.05) is 13.7 Å². The minimum atomic E-state index is -3.64. The maximum Gasteiger partial charge on any atom is 0.356 e. The predicted octanol–water partition coefficient (Wildman–Crippen LogP) is -0.495. The average Bonchev–Trinajstić information content (AvgIpc) is 2.61. The van der Waals surface area contributed by atoms with Crippen molar-refractivity contribution < 1.29 is 17.9 Å². The maximum absolute atomic E-state index is 11.4. The minimum Gasteiger partial charge on any atom is -0.461 e. The number of nitrogens with one attached hydrogen (secondary N) is 1. The van der Waals surface area contributed by atoms with E-state index in [-0.39, 0.29) is 17.3 Å². The number of rotatable bonds is 4. The fourth-order valence-electron chi connectivity index (χ4n) is 1.07. The summed E-state index contributed by atoms with van der Waals surface area (Å²) in [5, 5.41) is 3.51. The molecule has 7 nitrogen and oxygen atoms in total. The SMILES string of the molecule is CCOC(=O)c1cc(S(=O)(=O)NC)nn1C. The molecular weight excluding hydrogens is 234 g/mol. The van der Waals surface area contributed by atoms with E-state index in [1.54, 1.807) is 6.92 Å². The highest BCUT2D eigenvalue weighted by Gasteiger charge is 2.21. The van der Waals surface area contributed by atoms with E-state index >= 15 is 0 Å². The van der Waals surface area contributed by atoms with Crippen LogP contribution in [-0.2, 0) is 21.8 Å². The van der Waals surface area contributed by atoms with Crippen molar-refractivity contribution in [3.05, 3.63) is 11.8 Å². The van der Waals surface area contributed by atoms with E-state index in [0.717, 1.165) is 0 Å². The highest BCUT2D eigenvalue weighted by atomic mass is 32.2. The second kappa shape index (κ2) is 4.62. The molecule has 0 fully saturated rings. The molecular formula is C8H13N3O4S. The van der Waals surface area contributed by atoms with Crippen LogP contribution in [0.15, 0.2) is 11.1 Å². The standard InChI is InChI=1S/C8H13N3O4S/c1-4-15-8(12)6-5-7(10-11(6)3)16(13,14)9-2/h5,9H,4H2,1-3H3. The van der Waals surface area contributed by atoms with Crippen molar-refractivity contribution in [1.82, 2.24) is 14.5 Å². The summed E-state index contributed by atoms with van der Waals surface area (Å²) in [5.74, 6) is -0.602. The first-order valence-electron chi connectivity index (χ1n) is 4.57. The molecule has 1 rings (SSSR count). The van der Waals surface area contributed by atoms with E-state index in [9.17, 15) is 13.2 Å². The summed E-state index contributed by atoms with van der Waals surface area (Å²) >= 11 is 0. The van der Waals surface area contributed by atoms with Crippen molar-refractivity contribution in [2.24, 2.45) is 7.05 Å². The Bertz CT molecular complexity index is 491. The molecule has 0 spiro atoms. The first-order valence-corrected chi connectivity index (χ1v) is 6.05. The average molecular weight is 247 g/mol. The zero-order chi connectivity index (χ0) is 12.3. The van der Waals surface area contributed by atoms with E-state index < -0.39 is 16.0 Å². The van der Waals surface area contributed by atoms with Crippen LogP contribution in [0.5, 0.6) is 0 Å². The molecule has 0 saturated carbocycles. The first-order chi connectivity index (χ1) is 7.42. The van der Waals surface area contributed by atoms with Gasteiger partial charge in [-0.25, -0.2) is 17.9 Å². The fourth-order valence-corrected chi connectivity index (χ4v) is 1.78. The smallest absolute Gasteiger partial charge is 0.356 e. The molecule has 0 aliphatic heterocycles. The van der Waals surface area contributed by atoms with Crippen LogP contribution in [0.2, 0.25) is 0 Å². The number of carbonyl (C=O) groups excluding carboxylic acids is 1. The summed E-state index contributed by atoms with van der Waals surface area (Å²) in [6.45, 7) is 1.89. The van der Waals surface area contributed by atoms with Crippen molar-refractivity contribution in [3.8, 4) is 0 Å². The Labute approximate surface area is 93.4 Å². The summed E-state index contributed by atoms with van der Waals surface area (Å²) in [5.41, 5.74) is 0.0932. The summed E-state index contributed by atoms with van der Waals surface area (Å²) in [6.07, 6.45) is 0. The molecule has 90 valence electrons. The highest BCUT2D eigenvalue weighted by molar-refractivity contribution is 7.89. The van der Waals surface area contributed by atoms with Gasteiger partial charge in [0.25, 0.3) is 10.0 Å². The number of aromatic nitrogens is 2. The van der Waals surface area contributed by atoms with Crippen molar-refractivity contribution in [1.29, 1.82) is 0 Å². The highest BCUT2D eigenvalue weighted by Crippen LogP contribution is 2.09. The van der Waals surface area contributed by atoms with Gasteiger partial charge in [-0.05, 0) is 14.0 Å². The molecule has 1 aromatic heterocycles. The molecule has 0 aliphatic rings. The second-order valence-corrected chi connectivity index (χ2v) is 4.75. The summed E-state index contributed by atoms with van der Waals surface area (Å²) in [7, 11) is -0.893. The molecule has 0 unspecified atom stereocenters. The molecule has 0 saturated heterocycles. The lowest BCUT2D eigenvalue weighted by atomic mass is 10.4. The third kappa shape index (κ3) is 2.39. The quantitative estimate of drug-likeness (QED) is 0.725. The summed E-state index contributed by atoms with van der Waals surface area (Å²) in [4.78, 5) is 11.4. The van der Waals surface area contributed by atoms with Gasteiger partial charge in [-0.15, -0.1) is 0 Å². The van der Waals surface area contributed by atoms with Gasteiger partial charge in [0.2, 0.25) is 0 Å². The topological polar surface area (TPSA) is 90.3 Å². The van der Waals surface area contributed by atoms with E-state index in [1.807, 2.05) is 0 Å². The third-order valence-corrected chi connectivity index (χ3v) is 3.17. The van der Waals surface area contributed by atoms with Gasteiger partial charge in [0.1, 0.15) is 5.69 Å². The van der Waals surface area contributed by atoms with Gasteiger partial charge in [-0.3, -0.25) is 4.68 Å². The fraction of sp³-hybridized carbons (Fsp3) is 0.500. The Morgan fingerprint density at radius 1 is 1.62 bits per heavy atom. The lowest BCUT2D eigenvalue weighted by Gasteiger charge is -1.99. The normalized spacial score (nSPS) is 11.4. The van der Waals surface area contributed by atoms with Gasteiger partial charge in [-0.1, -0.05) is 0 Å². The maximum atomic E-state index is 11.4. The third-order valence-electron chi connectivity index (χ3n) is 1.89. The van der Waals surface area contributed by atoms with Gasteiger partial charge < -0.3 is 4.74 Å². The first kappa shape index (κ1) is 12.7. The molecule has 0 radical (unpaired) electrons. The summed E-state index contributed by atoms with van der Waals surface area (Å²) < 4.78 is 30.9. The molecule has 1 aromatic rings. The van der Waals surface area contributed by atoms with E-state index in [1.165, 1.54) is 24.8 Å². The van der Waals surface area contributed by atoms with Crippen LogP contribution in [0.1, 0.15) is 17.4 Å². The van der Waals surface area contributed by atoms with Crippen LogP contribution in [-0.4, -0.2) is 37.8 Å². The van der Waals surface area contributed by atoms with Crippen LogP contribution in [0.4, 0.5) is 0 Å². The Hall–Kier alpha value is -1.41. The predicted molar refractivity (Wildman–Crippen MR) is 55.4 cm³/mol. The molecule has 1 N–H and O–H groups in total. The molecule has 0 aliphatic carbocycles. The molecule has 1 heterocycles. The number of carbonyl (C=O) groups is 1. The number of sulfonamides is 1. The molecule has 0 aromatic carbocycles. The van der Waals surface area contributed by atoms with E-state index in [2.05, 4.69) is 9.82 Å². The van der Waals surface area contributed by atoms with Crippen molar-refractivity contribution in [3.63, 3.8) is 0 Å². The number of esters is 1. The number of hydrogen-bond donors (Lipinski definition) is 1. The second-order valence-electron chi connectivity index (χ2n) is 2.92. The lowest BCUT2D eigenvalue weighted by Crippen LogP contribution is -2.19. The Morgan fingerprint density at radius 2 is 2.25 bits per heavy atom. The Balaban J connectivity index is 3.13. The van der Waals surface area contributed by atoms with Crippen LogP contribution in [0.3, 0.4) is 0 Å². The van der Waals surface area contributed by atoms with Gasteiger partial charge in [-0.2, -0.15) is 5.10 Å². The van der Waals surface area contributed by atoms with Crippen LogP contribution < -0.4 is 4.72 Å². The molecule has 8 heteroatoms. The number of aryl methyl sites for hydroxylation is 1. The van der Waals surface area contributed by atoms with Gasteiger partial charge in [0.05, 0.1) is 6.61 Å². The molecule has 16 heavy (non-hydrogen) atoms. The Kier molecular flexibility index (Phi) is 3.66. The molecule has 0 bridgehead atoms. The minimum absolute atomic E-state index is 0.0932. The zero-order valence-electron chi connectivity index (χ0n) is 9.22. The van der Waals surface area contributed by atoms with Crippen LogP contribution >= 0.6 is 0 Å². The number of nitrogens with zero attached hydrogens (tertiary/aromatic N) is 2. The van der Waals surface area contributed by atoms with E-state index in [0.29, 0.717) is 0 Å². The van der Waals surface area contributed by atoms with E-state index in [4.69, 9.17) is 4.74 Å². The number of hydrogen-bond acceptors (Lipinski definition) is 5. The van der Waals surface area contributed by atoms with Crippen LogP contribution in [0, 0.1) is 0 Å². The Morgan fingerprint density at radius 3 is 2.75 bits per heavy atom. The van der Waals surface area contributed by atoms with Gasteiger partial charge >= 0.3 is 5.97 Å². The molecule has 0 amide bonds. The summed E-state index contributed by atoms with van der Waals surface area (Å²) in [6, 6.07) is 1.17. The molecule has 0 atom stereocenters. The van der Waals surface area contributed by atoms with Crippen molar-refractivity contribution >= 4 is 16.0 Å². The van der Waals surface area contributed by atoms with Crippen molar-refractivity contribution in [2.45, 2.75) is 11.9 Å². The van der Waals surface area contributed by atoms with Gasteiger partial charge in [0, 0.05) is 13.1 Å². The number of ether oxygens (including phenoxy) is 1. The monoisotopic (exact) mass is 247 g/mol. The van der Waals surface area contributed by atoms with Gasteiger partial charge in [0.15, 0.2) is 5.03 Å².